The maximum absolute atomic E-state index is 12.1. The lowest BCUT2D eigenvalue weighted by molar-refractivity contribution is -0.105. The summed E-state index contributed by atoms with van der Waals surface area (Å²) in [4.78, 5) is 26.6. The molecular formula is C14H14N4O2. The highest BCUT2D eigenvalue weighted by Gasteiger charge is 2.10. The van der Waals surface area contributed by atoms with Crippen molar-refractivity contribution in [2.45, 2.75) is 0 Å². The molecule has 1 aromatic heterocycles. The summed E-state index contributed by atoms with van der Waals surface area (Å²) in [6.45, 7) is 0. The summed E-state index contributed by atoms with van der Waals surface area (Å²) >= 11 is 0. The third kappa shape index (κ3) is 3.11. The molecule has 2 rings (SSSR count). The summed E-state index contributed by atoms with van der Waals surface area (Å²) in [6.07, 6.45) is 1.94. The molecule has 6 nitrogen and oxygen atoms in total. The zero-order valence-corrected chi connectivity index (χ0v) is 10.9. The van der Waals surface area contributed by atoms with Gasteiger partial charge in [0.2, 0.25) is 6.41 Å². The van der Waals surface area contributed by atoms with E-state index in [0.717, 1.165) is 0 Å². The van der Waals surface area contributed by atoms with E-state index in [9.17, 15) is 9.59 Å². The predicted molar refractivity (Wildman–Crippen MR) is 77.9 cm³/mol. The molecular weight excluding hydrogens is 256 g/mol. The van der Waals surface area contributed by atoms with Gasteiger partial charge in [0.1, 0.15) is 0 Å². The number of nitrogens with zero attached hydrogens (tertiary/aromatic N) is 1. The lowest BCUT2D eigenvalue weighted by Gasteiger charge is -2.09. The first kappa shape index (κ1) is 13.5. The first-order valence-electron chi connectivity index (χ1n) is 5.99. The van der Waals surface area contributed by atoms with Gasteiger partial charge in [0, 0.05) is 18.9 Å². The summed E-state index contributed by atoms with van der Waals surface area (Å²) < 4.78 is 0. The van der Waals surface area contributed by atoms with Crippen LogP contribution in [0.5, 0.6) is 0 Å². The Morgan fingerprint density at radius 2 is 2.00 bits per heavy atom. The topological polar surface area (TPSA) is 83.1 Å². The van der Waals surface area contributed by atoms with Crippen molar-refractivity contribution >= 4 is 29.5 Å². The lowest BCUT2D eigenvalue weighted by atomic mass is 10.2. The van der Waals surface area contributed by atoms with Crippen LogP contribution in [0.1, 0.15) is 10.4 Å². The van der Waals surface area contributed by atoms with Crippen molar-refractivity contribution in [3.8, 4) is 0 Å². The van der Waals surface area contributed by atoms with E-state index in [4.69, 9.17) is 0 Å². The maximum atomic E-state index is 12.1. The molecule has 1 heterocycles. The Kier molecular flexibility index (Phi) is 4.28. The van der Waals surface area contributed by atoms with Gasteiger partial charge < -0.3 is 16.0 Å². The van der Waals surface area contributed by atoms with E-state index in [1.165, 1.54) is 6.20 Å². The summed E-state index contributed by atoms with van der Waals surface area (Å²) in [7, 11) is 1.69. The van der Waals surface area contributed by atoms with Gasteiger partial charge in [-0.25, -0.2) is 4.98 Å². The average Bonchev–Trinajstić information content (AvgIpc) is 2.49. The van der Waals surface area contributed by atoms with E-state index in [-0.39, 0.29) is 5.91 Å². The molecule has 0 aliphatic rings. The second kappa shape index (κ2) is 6.33. The molecule has 20 heavy (non-hydrogen) atoms. The van der Waals surface area contributed by atoms with Gasteiger partial charge in [-0.1, -0.05) is 18.2 Å². The Balaban J connectivity index is 2.20. The number of amides is 2. The van der Waals surface area contributed by atoms with Crippen LogP contribution in [0.4, 0.5) is 17.2 Å². The average molecular weight is 270 g/mol. The van der Waals surface area contributed by atoms with Crippen LogP contribution in [-0.4, -0.2) is 24.3 Å². The number of aromatic nitrogens is 1. The number of benzene rings is 1. The minimum Gasteiger partial charge on any atom is -0.385 e. The molecule has 6 heteroatoms. The van der Waals surface area contributed by atoms with Crippen molar-refractivity contribution in [1.29, 1.82) is 0 Å². The smallest absolute Gasteiger partial charge is 0.257 e. The molecule has 0 aliphatic carbocycles. The van der Waals surface area contributed by atoms with Crippen molar-refractivity contribution in [3.63, 3.8) is 0 Å². The minimum atomic E-state index is -0.266. The zero-order chi connectivity index (χ0) is 14.4. The lowest BCUT2D eigenvalue weighted by Crippen LogP contribution is -2.13. The molecule has 2 aromatic rings. The second-order valence-corrected chi connectivity index (χ2v) is 3.95. The van der Waals surface area contributed by atoms with Crippen molar-refractivity contribution in [1.82, 2.24) is 4.98 Å². The van der Waals surface area contributed by atoms with E-state index in [0.29, 0.717) is 29.2 Å². The summed E-state index contributed by atoms with van der Waals surface area (Å²) in [5.74, 6) is 0.108. The highest BCUT2D eigenvalue weighted by molar-refractivity contribution is 6.05. The fourth-order valence-corrected chi connectivity index (χ4v) is 1.68. The van der Waals surface area contributed by atoms with Gasteiger partial charge in [-0.05, 0) is 18.2 Å². The maximum Gasteiger partial charge on any atom is 0.257 e. The Morgan fingerprint density at radius 1 is 1.25 bits per heavy atom. The molecule has 0 saturated heterocycles. The van der Waals surface area contributed by atoms with Crippen LogP contribution in [0.25, 0.3) is 0 Å². The first-order valence-corrected chi connectivity index (χ1v) is 5.99. The predicted octanol–water partition coefficient (Wildman–Crippen LogP) is 1.94. The number of hydrogen-bond donors (Lipinski definition) is 3. The van der Waals surface area contributed by atoms with Gasteiger partial charge in [0.15, 0.2) is 5.82 Å². The molecule has 0 atom stereocenters. The minimum absolute atomic E-state index is 0.266. The van der Waals surface area contributed by atoms with Crippen LogP contribution >= 0.6 is 0 Å². The largest absolute Gasteiger partial charge is 0.385 e. The third-order valence-corrected chi connectivity index (χ3v) is 2.65. The number of para-hydroxylation sites is 1. The summed E-state index contributed by atoms with van der Waals surface area (Å²) in [5, 5.41) is 8.10. The van der Waals surface area contributed by atoms with E-state index in [2.05, 4.69) is 20.9 Å². The number of rotatable bonds is 5. The highest BCUT2D eigenvalue weighted by atomic mass is 16.1. The second-order valence-electron chi connectivity index (χ2n) is 3.95. The van der Waals surface area contributed by atoms with Crippen LogP contribution in [-0.2, 0) is 4.79 Å². The van der Waals surface area contributed by atoms with Crippen molar-refractivity contribution in [2.24, 2.45) is 0 Å². The normalized spacial score (nSPS) is 9.65. The van der Waals surface area contributed by atoms with E-state index >= 15 is 0 Å². The van der Waals surface area contributed by atoms with Crippen LogP contribution in [0, 0.1) is 0 Å². The zero-order valence-electron chi connectivity index (χ0n) is 10.9. The van der Waals surface area contributed by atoms with Gasteiger partial charge >= 0.3 is 0 Å². The fourth-order valence-electron chi connectivity index (χ4n) is 1.68. The molecule has 102 valence electrons. The Hall–Kier alpha value is -2.89. The number of pyridine rings is 1. The van der Waals surface area contributed by atoms with Crippen molar-refractivity contribution in [2.75, 3.05) is 23.0 Å². The monoisotopic (exact) mass is 270 g/mol. The van der Waals surface area contributed by atoms with E-state index < -0.39 is 0 Å². The van der Waals surface area contributed by atoms with Gasteiger partial charge in [-0.3, -0.25) is 9.59 Å². The number of anilines is 3. The van der Waals surface area contributed by atoms with Gasteiger partial charge in [-0.15, -0.1) is 0 Å². The molecule has 0 unspecified atom stereocenters. The number of nitrogens with one attached hydrogen (secondary N) is 3. The first-order chi connectivity index (χ1) is 9.74. The third-order valence-electron chi connectivity index (χ3n) is 2.65. The van der Waals surface area contributed by atoms with E-state index in [1.54, 1.807) is 25.2 Å². The SMILES string of the molecule is CNc1cc(C(=O)Nc2ccccc2)cnc1NC=O. The quantitative estimate of drug-likeness (QED) is 0.725. The highest BCUT2D eigenvalue weighted by Crippen LogP contribution is 2.19. The molecule has 0 radical (unpaired) electrons. The molecule has 0 fully saturated rings. The summed E-state index contributed by atoms with van der Waals surface area (Å²) in [5.41, 5.74) is 1.67. The van der Waals surface area contributed by atoms with Gasteiger partial charge in [0.05, 0.1) is 11.3 Å². The van der Waals surface area contributed by atoms with E-state index in [1.807, 2.05) is 18.2 Å². The van der Waals surface area contributed by atoms with Crippen molar-refractivity contribution in [3.05, 3.63) is 48.2 Å². The molecule has 3 N–H and O–H groups in total. The number of carbonyl (C=O) groups excluding carboxylic acids is 2. The Morgan fingerprint density at radius 3 is 2.65 bits per heavy atom. The fraction of sp³-hybridized carbons (Fsp3) is 0.0714. The molecule has 0 spiro atoms. The standard InChI is InChI=1S/C14H14N4O2/c1-15-12-7-10(8-16-13(12)17-9-19)14(20)18-11-5-3-2-4-6-11/h2-9,15H,1H3,(H,18,20)(H,16,17,19). The van der Waals surface area contributed by atoms with Gasteiger partial charge in [-0.2, -0.15) is 0 Å². The summed E-state index contributed by atoms with van der Waals surface area (Å²) in [6, 6.07) is 10.8. The number of carbonyl (C=O) groups is 2. The molecule has 1 aromatic carbocycles. The molecule has 0 bridgehead atoms. The Labute approximate surface area is 116 Å². The van der Waals surface area contributed by atoms with Crippen LogP contribution < -0.4 is 16.0 Å². The van der Waals surface area contributed by atoms with Gasteiger partial charge in [0.25, 0.3) is 5.91 Å². The van der Waals surface area contributed by atoms with Crippen molar-refractivity contribution < 1.29 is 9.59 Å². The molecule has 2 amide bonds. The molecule has 0 saturated carbocycles. The number of hydrogen-bond acceptors (Lipinski definition) is 4. The molecule has 0 aliphatic heterocycles. The van der Waals surface area contributed by atoms with Crippen LogP contribution in [0.2, 0.25) is 0 Å². The van der Waals surface area contributed by atoms with Crippen LogP contribution in [0.3, 0.4) is 0 Å². The Bertz CT molecular complexity index is 614. The van der Waals surface area contributed by atoms with Crippen LogP contribution in [0.15, 0.2) is 42.6 Å².